The van der Waals surface area contributed by atoms with Gasteiger partial charge in [0.25, 0.3) is 5.91 Å². The zero-order chi connectivity index (χ0) is 29.8. The van der Waals surface area contributed by atoms with Crippen molar-refractivity contribution in [2.75, 3.05) is 19.6 Å². The molecule has 220 valence electrons. The molecule has 1 aromatic heterocycles. The maximum absolute atomic E-state index is 13.2. The van der Waals surface area contributed by atoms with Crippen molar-refractivity contribution in [1.29, 1.82) is 0 Å². The molecule has 0 spiro atoms. The number of aromatic nitrogens is 1. The minimum atomic E-state index is -0.932. The Bertz CT molecular complexity index is 1190. The van der Waals surface area contributed by atoms with Gasteiger partial charge >= 0.3 is 0 Å². The molecule has 11 nitrogen and oxygen atoms in total. The van der Waals surface area contributed by atoms with Crippen LogP contribution in [0.1, 0.15) is 56.0 Å². The van der Waals surface area contributed by atoms with Gasteiger partial charge < -0.3 is 26.2 Å². The molecule has 1 aliphatic heterocycles. The first kappa shape index (κ1) is 31.3. The van der Waals surface area contributed by atoms with Crippen molar-refractivity contribution >= 4 is 29.5 Å². The van der Waals surface area contributed by atoms with Crippen LogP contribution in [0.4, 0.5) is 0 Å². The summed E-state index contributed by atoms with van der Waals surface area (Å²) >= 11 is 0. The number of rotatable bonds is 4. The van der Waals surface area contributed by atoms with Crippen LogP contribution < -0.4 is 21.3 Å². The predicted molar refractivity (Wildman–Crippen MR) is 153 cm³/mol. The second kappa shape index (κ2) is 15.5. The Hall–Kier alpha value is -4.28. The lowest BCUT2D eigenvalue weighted by Gasteiger charge is -2.26. The van der Waals surface area contributed by atoms with Crippen molar-refractivity contribution in [2.45, 2.75) is 64.6 Å². The Morgan fingerprint density at radius 1 is 0.902 bits per heavy atom. The number of carbonyl (C=O) groups excluding carboxylic acids is 5. The van der Waals surface area contributed by atoms with Crippen molar-refractivity contribution in [2.24, 2.45) is 5.92 Å². The summed E-state index contributed by atoms with van der Waals surface area (Å²) in [5.74, 6) is -2.09. The van der Waals surface area contributed by atoms with E-state index < -0.39 is 29.9 Å². The summed E-state index contributed by atoms with van der Waals surface area (Å²) in [7, 11) is 0. The average Bonchev–Trinajstić information content (AvgIpc) is 2.96. The molecule has 4 N–H and O–H groups in total. The van der Waals surface area contributed by atoms with Gasteiger partial charge in [-0.15, -0.1) is 0 Å². The van der Waals surface area contributed by atoms with E-state index in [4.69, 9.17) is 0 Å². The number of hydrogen-bond donors (Lipinski definition) is 4. The monoisotopic (exact) mass is 564 g/mol. The average molecular weight is 565 g/mol. The molecule has 1 aliphatic rings. The van der Waals surface area contributed by atoms with Crippen molar-refractivity contribution in [1.82, 2.24) is 31.2 Å². The Morgan fingerprint density at radius 2 is 1.59 bits per heavy atom. The SMILES string of the molecule is CC(C)[C@H]1NC(=O)[C@@H](C)NC(=O)[C@H](Cc2ccccc2)NC(=O)CCCN(C(=O)c2ccncc2)CCCNC1=O. The normalized spacial score (nSPS) is 22.0. The molecular weight excluding hydrogens is 524 g/mol. The molecule has 0 bridgehead atoms. The Morgan fingerprint density at radius 3 is 2.27 bits per heavy atom. The van der Waals surface area contributed by atoms with Gasteiger partial charge in [-0.1, -0.05) is 44.2 Å². The number of nitrogens with zero attached hydrogens (tertiary/aromatic N) is 2. The van der Waals surface area contributed by atoms with E-state index in [1.54, 1.807) is 29.4 Å². The molecule has 41 heavy (non-hydrogen) atoms. The number of nitrogens with one attached hydrogen (secondary N) is 4. The van der Waals surface area contributed by atoms with E-state index in [0.717, 1.165) is 5.56 Å². The minimum absolute atomic E-state index is 0.0987. The van der Waals surface area contributed by atoms with Crippen molar-refractivity contribution in [3.63, 3.8) is 0 Å². The highest BCUT2D eigenvalue weighted by Crippen LogP contribution is 2.09. The van der Waals surface area contributed by atoms with Gasteiger partial charge in [-0.25, -0.2) is 0 Å². The Kier molecular flexibility index (Phi) is 11.8. The fourth-order valence-corrected chi connectivity index (χ4v) is 4.53. The lowest BCUT2D eigenvalue weighted by Crippen LogP contribution is -2.57. The van der Waals surface area contributed by atoms with Crippen molar-refractivity contribution in [3.8, 4) is 0 Å². The van der Waals surface area contributed by atoms with Crippen molar-refractivity contribution in [3.05, 3.63) is 66.0 Å². The van der Waals surface area contributed by atoms with Gasteiger partial charge in [0.15, 0.2) is 0 Å². The molecule has 5 amide bonds. The van der Waals surface area contributed by atoms with Crippen LogP contribution in [-0.2, 0) is 25.6 Å². The molecule has 2 aromatic rings. The molecule has 11 heteroatoms. The maximum atomic E-state index is 13.2. The smallest absolute Gasteiger partial charge is 0.253 e. The van der Waals surface area contributed by atoms with Crippen LogP contribution in [0.5, 0.6) is 0 Å². The number of amides is 5. The molecule has 1 fully saturated rings. The van der Waals surface area contributed by atoms with Crippen LogP contribution in [0.3, 0.4) is 0 Å². The molecule has 3 atom stereocenters. The van der Waals surface area contributed by atoms with Crippen molar-refractivity contribution < 1.29 is 24.0 Å². The first-order chi connectivity index (χ1) is 19.7. The van der Waals surface area contributed by atoms with Crippen LogP contribution in [0.15, 0.2) is 54.9 Å². The van der Waals surface area contributed by atoms with Gasteiger partial charge in [0.05, 0.1) is 0 Å². The molecule has 0 radical (unpaired) electrons. The van der Waals surface area contributed by atoms with E-state index in [-0.39, 0.29) is 36.5 Å². The van der Waals surface area contributed by atoms with Gasteiger partial charge in [0, 0.05) is 50.4 Å². The highest BCUT2D eigenvalue weighted by atomic mass is 16.2. The number of carbonyl (C=O) groups is 5. The summed E-state index contributed by atoms with van der Waals surface area (Å²) in [5.41, 5.74) is 1.32. The predicted octanol–water partition coefficient (Wildman–Crippen LogP) is 1.20. The molecule has 3 rings (SSSR count). The van der Waals surface area contributed by atoms with E-state index in [1.165, 1.54) is 6.92 Å². The number of benzene rings is 1. The van der Waals surface area contributed by atoms with E-state index in [2.05, 4.69) is 26.3 Å². The first-order valence-electron chi connectivity index (χ1n) is 14.1. The van der Waals surface area contributed by atoms with Crippen LogP contribution in [-0.4, -0.2) is 77.2 Å². The third kappa shape index (κ3) is 9.70. The molecule has 0 unspecified atom stereocenters. The fourth-order valence-electron chi connectivity index (χ4n) is 4.53. The van der Waals surface area contributed by atoms with Crippen LogP contribution in [0.25, 0.3) is 0 Å². The zero-order valence-electron chi connectivity index (χ0n) is 23.9. The fraction of sp³-hybridized carbons (Fsp3) is 0.467. The quantitative estimate of drug-likeness (QED) is 0.438. The Balaban J connectivity index is 1.81. The summed E-state index contributed by atoms with van der Waals surface area (Å²) in [5, 5.41) is 11.1. The highest BCUT2D eigenvalue weighted by Gasteiger charge is 2.29. The minimum Gasteiger partial charge on any atom is -0.354 e. The third-order valence-electron chi connectivity index (χ3n) is 6.88. The lowest BCUT2D eigenvalue weighted by molar-refractivity contribution is -0.134. The van der Waals surface area contributed by atoms with E-state index >= 15 is 0 Å². The molecule has 2 heterocycles. The standard InChI is InChI=1S/C30H40N6O5/c1-20(2)26-29(40)32-14-8-18-36(30(41)23-12-15-31-16-13-23)17-7-11-25(37)34-24(19-22-9-5-4-6-10-22)28(39)33-21(3)27(38)35-26/h4-6,9-10,12-13,15-16,20-21,24,26H,7-8,11,14,17-19H2,1-3H3,(H,32,40)(H,33,39)(H,34,37)(H,35,38)/t21-,24+,26-/m1/s1. The zero-order valence-corrected chi connectivity index (χ0v) is 23.9. The summed E-state index contributed by atoms with van der Waals surface area (Å²) < 4.78 is 0. The van der Waals surface area contributed by atoms with E-state index in [1.807, 2.05) is 44.2 Å². The van der Waals surface area contributed by atoms with Gasteiger partial charge in [-0.05, 0) is 43.4 Å². The summed E-state index contributed by atoms with van der Waals surface area (Å²) in [4.78, 5) is 70.9. The topological polar surface area (TPSA) is 150 Å². The molecular formula is C30H40N6O5. The van der Waals surface area contributed by atoms with Gasteiger partial charge in [-0.3, -0.25) is 29.0 Å². The molecule has 1 aromatic carbocycles. The molecule has 1 saturated heterocycles. The number of pyridine rings is 1. The van der Waals surface area contributed by atoms with Crippen LogP contribution >= 0.6 is 0 Å². The second-order valence-corrected chi connectivity index (χ2v) is 10.5. The Labute approximate surface area is 240 Å². The summed E-state index contributed by atoms with van der Waals surface area (Å²) in [6.07, 6.45) is 4.28. The summed E-state index contributed by atoms with van der Waals surface area (Å²) in [6, 6.07) is 9.86. The second-order valence-electron chi connectivity index (χ2n) is 10.5. The van der Waals surface area contributed by atoms with Gasteiger partial charge in [0.2, 0.25) is 23.6 Å². The maximum Gasteiger partial charge on any atom is 0.253 e. The van der Waals surface area contributed by atoms with Crippen LogP contribution in [0.2, 0.25) is 0 Å². The summed E-state index contributed by atoms with van der Waals surface area (Å²) in [6.45, 7) is 6.15. The molecule has 0 saturated carbocycles. The van der Waals surface area contributed by atoms with Gasteiger partial charge in [0.1, 0.15) is 18.1 Å². The largest absolute Gasteiger partial charge is 0.354 e. The van der Waals surface area contributed by atoms with E-state index in [9.17, 15) is 24.0 Å². The van der Waals surface area contributed by atoms with Crippen LogP contribution in [0, 0.1) is 5.92 Å². The van der Waals surface area contributed by atoms with Gasteiger partial charge in [-0.2, -0.15) is 0 Å². The lowest BCUT2D eigenvalue weighted by atomic mass is 10.0. The highest BCUT2D eigenvalue weighted by molar-refractivity contribution is 5.95. The molecule has 0 aliphatic carbocycles. The first-order valence-corrected chi connectivity index (χ1v) is 14.1. The number of hydrogen-bond acceptors (Lipinski definition) is 6. The third-order valence-corrected chi connectivity index (χ3v) is 6.88. The van der Waals surface area contributed by atoms with E-state index in [0.29, 0.717) is 38.0 Å².